The number of nitrogens with two attached hydrogens (primary N) is 2. The first-order valence-corrected chi connectivity index (χ1v) is 33.4. The quantitative estimate of drug-likeness (QED) is 0.00846. The van der Waals surface area contributed by atoms with Crippen molar-refractivity contribution in [3.05, 3.63) is 190 Å². The number of benzene rings is 6. The van der Waals surface area contributed by atoms with Gasteiger partial charge in [-0.2, -0.15) is 13.2 Å². The minimum atomic E-state index is -5.08. The molecule has 604 valence electrons. The normalized spacial score (nSPS) is 11.2. The van der Waals surface area contributed by atoms with Crippen molar-refractivity contribution < 1.29 is 139 Å². The Labute approximate surface area is 639 Å². The predicted molar refractivity (Wildman–Crippen MR) is 386 cm³/mol. The largest absolute Gasteiger partial charge is 0.490 e. The molecule has 0 unspecified atom stereocenters. The number of guanidine groups is 2. The first-order valence-electron chi connectivity index (χ1n) is 33.4. The van der Waals surface area contributed by atoms with Crippen molar-refractivity contribution >= 4 is 101 Å². The van der Waals surface area contributed by atoms with Crippen molar-refractivity contribution in [1.29, 1.82) is 10.8 Å². The molecule has 38 nitrogen and oxygen atoms in total. The third-order valence-electron chi connectivity index (χ3n) is 14.6. The summed E-state index contributed by atoms with van der Waals surface area (Å²) in [5, 5.41) is 74.9. The summed E-state index contributed by atoms with van der Waals surface area (Å²) in [4.78, 5) is 164. The average molecular weight is 1590 g/mol. The highest BCUT2D eigenvalue weighted by Crippen LogP contribution is 2.21. The van der Waals surface area contributed by atoms with Crippen molar-refractivity contribution in [2.45, 2.75) is 57.4 Å². The second-order valence-corrected chi connectivity index (χ2v) is 23.4. The van der Waals surface area contributed by atoms with E-state index in [0.29, 0.717) is 22.5 Å². The number of alkyl halides is 3. The summed E-state index contributed by atoms with van der Waals surface area (Å²) in [5.41, 5.74) is 13.3. The van der Waals surface area contributed by atoms with E-state index in [2.05, 4.69) is 31.9 Å². The number of carboxylic acids is 5. The molecule has 0 aromatic heterocycles. The molecule has 0 aliphatic heterocycles. The second-order valence-electron chi connectivity index (χ2n) is 23.4. The van der Waals surface area contributed by atoms with E-state index in [1.165, 1.54) is 146 Å². The number of halogens is 3. The van der Waals surface area contributed by atoms with Gasteiger partial charge in [-0.15, -0.1) is 0 Å². The number of amides is 6. The van der Waals surface area contributed by atoms with Gasteiger partial charge in [-0.3, -0.25) is 49.4 Å². The molecule has 6 rings (SSSR count). The maximum absolute atomic E-state index is 13.6. The number of hydrogen-bond donors (Lipinski definition) is 15. The van der Waals surface area contributed by atoms with Gasteiger partial charge in [0, 0.05) is 37.6 Å². The van der Waals surface area contributed by atoms with Crippen molar-refractivity contribution in [2.75, 3.05) is 89.7 Å². The minimum absolute atomic E-state index is 0.0515. The molecule has 113 heavy (non-hydrogen) atoms. The Balaban J connectivity index is 0.00000310. The van der Waals surface area contributed by atoms with Crippen LogP contribution in [0.5, 0.6) is 11.5 Å². The predicted octanol–water partition coefficient (Wildman–Crippen LogP) is 3.96. The summed E-state index contributed by atoms with van der Waals surface area (Å²) in [6.45, 7) is -2.61. The number of ether oxygens (including phenoxy) is 8. The van der Waals surface area contributed by atoms with E-state index < -0.39 is 122 Å². The van der Waals surface area contributed by atoms with Crippen molar-refractivity contribution in [2.24, 2.45) is 11.5 Å². The number of hydrogen-bond acceptors (Lipinski definition) is 23. The summed E-state index contributed by atoms with van der Waals surface area (Å²) in [7, 11) is 0. The van der Waals surface area contributed by atoms with E-state index in [0.717, 1.165) is 9.80 Å². The molecule has 6 aromatic carbocycles. The fourth-order valence-electron chi connectivity index (χ4n) is 9.31. The Morgan fingerprint density at radius 1 is 0.434 bits per heavy atom. The summed E-state index contributed by atoms with van der Waals surface area (Å²) in [6, 6.07) is 31.7. The maximum atomic E-state index is 13.6. The molecule has 0 saturated heterocycles. The molecule has 0 aliphatic carbocycles. The van der Waals surface area contributed by atoms with Gasteiger partial charge in [0.2, 0.25) is 23.6 Å². The van der Waals surface area contributed by atoms with Crippen LogP contribution in [-0.4, -0.2) is 222 Å². The number of aliphatic carboxylic acids is 3. The third-order valence-corrected chi connectivity index (χ3v) is 14.6. The molecule has 0 heterocycles. The van der Waals surface area contributed by atoms with Gasteiger partial charge in [-0.1, -0.05) is 48.5 Å². The SMILES string of the molecule is N=C(N)Nc1ccc(C(=O)Oc2ccc(COC(=O)N(CC(=O)N[C@@H](CC(=O)O)C(=O)NCCOCCOCCOCCOCCNC(=O)[C@H](CC(=O)O)NC(=O)CN(Cc3cccc(C(=O)O)c3)C(=O)OCc3ccc(OC(=O)c4ccc(NC(=N)N)cc4)cc3)Cc3cccc(C(=O)O)c3)cc2)cc1.O=C(O)C(F)(F)F. The maximum Gasteiger partial charge on any atom is 0.490 e. The molecule has 0 fully saturated rings. The minimum Gasteiger partial charge on any atom is -0.481 e. The lowest BCUT2D eigenvalue weighted by atomic mass is 10.1. The van der Waals surface area contributed by atoms with E-state index in [1.54, 1.807) is 0 Å². The van der Waals surface area contributed by atoms with Gasteiger partial charge in [-0.25, -0.2) is 33.6 Å². The average Bonchev–Trinajstić information content (AvgIpc) is 0.827. The first kappa shape index (κ1) is 89.8. The highest BCUT2D eigenvalue weighted by molar-refractivity contribution is 5.96. The number of esters is 2. The Morgan fingerprint density at radius 3 is 1.06 bits per heavy atom. The fourth-order valence-corrected chi connectivity index (χ4v) is 9.31. The molecule has 6 aromatic rings. The summed E-state index contributed by atoms with van der Waals surface area (Å²) in [6.07, 6.45) is -8.86. The molecule has 2 atom stereocenters. The summed E-state index contributed by atoms with van der Waals surface area (Å²) in [5.74, 6) is -13.5. The van der Waals surface area contributed by atoms with Crippen LogP contribution in [0.3, 0.4) is 0 Å². The van der Waals surface area contributed by atoms with Gasteiger partial charge in [-0.05, 0) is 119 Å². The van der Waals surface area contributed by atoms with E-state index in [4.69, 9.17) is 70.1 Å². The lowest BCUT2D eigenvalue weighted by Gasteiger charge is -2.24. The van der Waals surface area contributed by atoms with Gasteiger partial charge in [0.1, 0.15) is 49.9 Å². The Bertz CT molecular complexity index is 4030. The van der Waals surface area contributed by atoms with Gasteiger partial charge >= 0.3 is 60.1 Å². The highest BCUT2D eigenvalue weighted by atomic mass is 19.4. The van der Waals surface area contributed by atoms with Crippen LogP contribution in [0, 0.1) is 10.8 Å². The molecule has 6 amide bonds. The van der Waals surface area contributed by atoms with Crippen LogP contribution >= 0.6 is 0 Å². The number of aromatic carboxylic acids is 2. The van der Waals surface area contributed by atoms with Crippen LogP contribution in [0.2, 0.25) is 0 Å². The standard InChI is InChI=1S/C70H78N12O24.C2HF3O2/c71-67(72)77-51-15-11-47(12-16-51)65(95)105-53-19-7-43(8-20-53)41-103-69(97)81(37-45-3-1-5-49(33-45)63(91)92)39-57(83)79-55(35-59(85)86)61(89)75-23-25-99-27-29-101-31-32-102-30-28-100-26-24-76-62(90)56(36-60(87)88)80-58(84)40-82(38-46-4-2-6-50(34-46)64(93)94)70(98)104-42-44-9-21-54(22-10-44)106-66(96)48-13-17-52(18-14-48)78-68(73)74;3-2(4,5)1(6)7/h1-22,33-34,55-56H,23-32,35-42H2,(H,75,89)(H,76,90)(H,79,83)(H,80,84)(H,85,86)(H,87,88)(H,91,92)(H,93,94)(H4,71,72,77)(H4,73,74,78);(H,6,7)/t55-,56-;/m0./s1. The van der Waals surface area contributed by atoms with Gasteiger partial charge in [0.25, 0.3) is 0 Å². The van der Waals surface area contributed by atoms with E-state index >= 15 is 0 Å². The molecular weight excluding hydrogens is 1510 g/mol. The van der Waals surface area contributed by atoms with E-state index in [1.807, 2.05) is 0 Å². The smallest absolute Gasteiger partial charge is 0.481 e. The number of nitrogens with one attached hydrogen (secondary N) is 8. The number of anilines is 2. The van der Waals surface area contributed by atoms with Crippen LogP contribution in [0.1, 0.15) is 76.5 Å². The van der Waals surface area contributed by atoms with Crippen molar-refractivity contribution in [1.82, 2.24) is 31.1 Å². The lowest BCUT2D eigenvalue weighted by Crippen LogP contribution is -2.51. The molecule has 17 N–H and O–H groups in total. The third kappa shape index (κ3) is 35.0. The lowest BCUT2D eigenvalue weighted by molar-refractivity contribution is -0.192. The van der Waals surface area contributed by atoms with Crippen LogP contribution in [0.15, 0.2) is 146 Å². The molecular formula is C72H79F3N12O26. The molecule has 0 spiro atoms. The Hall–Kier alpha value is -13.8. The molecule has 41 heteroatoms. The second kappa shape index (κ2) is 46.5. The Morgan fingerprint density at radius 2 is 0.761 bits per heavy atom. The Kier molecular flexibility index (Phi) is 37.0. The fraction of sp³-hybridized carbons (Fsp3) is 0.292. The topological polar surface area (TPSA) is 575 Å². The number of nitrogens with zero attached hydrogens (tertiary/aromatic N) is 2. The molecule has 0 aliphatic rings. The molecule has 0 bridgehead atoms. The zero-order valence-electron chi connectivity index (χ0n) is 59.7. The van der Waals surface area contributed by atoms with E-state index in [-0.39, 0.29) is 149 Å². The zero-order valence-corrected chi connectivity index (χ0v) is 59.7. The zero-order chi connectivity index (χ0) is 83.0. The number of carbonyl (C=O) groups excluding carboxylic acids is 8. The van der Waals surface area contributed by atoms with Crippen molar-refractivity contribution in [3.8, 4) is 11.5 Å². The first-order chi connectivity index (χ1) is 53.7. The number of rotatable bonds is 43. The highest BCUT2D eigenvalue weighted by Gasteiger charge is 2.38. The van der Waals surface area contributed by atoms with Crippen LogP contribution < -0.4 is 52.8 Å². The van der Waals surface area contributed by atoms with Gasteiger partial charge in [0.15, 0.2) is 11.9 Å². The summed E-state index contributed by atoms with van der Waals surface area (Å²) >= 11 is 0. The summed E-state index contributed by atoms with van der Waals surface area (Å²) < 4.78 is 75.5. The van der Waals surface area contributed by atoms with Gasteiger partial charge < -0.3 is 107 Å². The number of carboxylic acid groups (broad SMARTS) is 5. The van der Waals surface area contributed by atoms with Crippen molar-refractivity contribution in [3.63, 3.8) is 0 Å². The van der Waals surface area contributed by atoms with E-state index in [9.17, 15) is 91.1 Å². The number of carbonyl (C=O) groups is 13. The van der Waals surface area contributed by atoms with Crippen LogP contribution in [0.25, 0.3) is 0 Å². The van der Waals surface area contributed by atoms with Crippen LogP contribution in [-0.2, 0) is 88.3 Å². The molecule has 0 radical (unpaired) electrons. The molecule has 0 saturated carbocycles. The monoisotopic (exact) mass is 1580 g/mol. The van der Waals surface area contributed by atoms with Crippen LogP contribution in [0.4, 0.5) is 34.1 Å². The van der Waals surface area contributed by atoms with Gasteiger partial charge in [0.05, 0.1) is 88.0 Å².